The lowest BCUT2D eigenvalue weighted by atomic mass is 9.92. The second-order valence-corrected chi connectivity index (χ2v) is 11.1. The lowest BCUT2D eigenvalue weighted by Gasteiger charge is -2.38. The van der Waals surface area contributed by atoms with Gasteiger partial charge in [-0.25, -0.2) is 9.59 Å². The molecule has 2 fully saturated rings. The van der Waals surface area contributed by atoms with Gasteiger partial charge in [0.25, 0.3) is 0 Å². The van der Waals surface area contributed by atoms with Crippen molar-refractivity contribution in [2.45, 2.75) is 90.0 Å². The van der Waals surface area contributed by atoms with Gasteiger partial charge in [0, 0.05) is 38.3 Å². The summed E-state index contributed by atoms with van der Waals surface area (Å²) in [4.78, 5) is 25.5. The number of carbonyl (C=O) groups excluding carboxylic acids is 2. The Labute approximate surface area is 207 Å². The van der Waals surface area contributed by atoms with Crippen molar-refractivity contribution in [3.8, 4) is 0 Å². The summed E-state index contributed by atoms with van der Waals surface area (Å²) in [5, 5.41) is 0. The maximum Gasteiger partial charge on any atom is 0.410 e. The zero-order valence-electron chi connectivity index (χ0n) is 21.5. The average Bonchev–Trinajstić information content (AvgIpc) is 2.64. The van der Waals surface area contributed by atoms with E-state index in [1.54, 1.807) is 41.5 Å². The number of likely N-dealkylation sites (tertiary alicyclic amines) is 2. The summed E-state index contributed by atoms with van der Waals surface area (Å²) in [5.74, 6) is -3.36. The molecule has 2 amide bonds. The van der Waals surface area contributed by atoms with Crippen LogP contribution in [-0.4, -0.2) is 83.8 Å². The first-order chi connectivity index (χ1) is 16.0. The molecule has 2 rings (SSSR count). The van der Waals surface area contributed by atoms with Gasteiger partial charge in [0.2, 0.25) is 0 Å². The first-order valence-electron chi connectivity index (χ1n) is 11.6. The SMILES string of the molecule is CC(C)(C)OC(=O)N1CC[C@@H](N)[C@@H](C(F)(F)F)C1.CC(C)(C)OC(=O)N1CC[C@H](N)[C@H](C(F)(F)F)C1. The number of carbonyl (C=O) groups is 2. The molecular formula is C22H38F6N4O4. The van der Waals surface area contributed by atoms with Gasteiger partial charge >= 0.3 is 24.5 Å². The predicted octanol–water partition coefficient (Wildman–Crippen LogP) is 4.27. The summed E-state index contributed by atoms with van der Waals surface area (Å²) in [6, 6.07) is -1.91. The van der Waals surface area contributed by atoms with Crippen LogP contribution in [0, 0.1) is 11.8 Å². The van der Waals surface area contributed by atoms with Crippen LogP contribution in [0.5, 0.6) is 0 Å². The Morgan fingerprint density at radius 2 is 0.944 bits per heavy atom. The van der Waals surface area contributed by atoms with Gasteiger partial charge in [0.15, 0.2) is 0 Å². The van der Waals surface area contributed by atoms with E-state index in [2.05, 4.69) is 0 Å². The summed E-state index contributed by atoms with van der Waals surface area (Å²) in [7, 11) is 0. The Bertz CT molecular complexity index is 687. The maximum absolute atomic E-state index is 12.7. The Balaban J connectivity index is 0.000000360. The molecule has 8 nitrogen and oxygen atoms in total. The molecule has 0 radical (unpaired) electrons. The minimum absolute atomic E-state index is 0.128. The highest BCUT2D eigenvalue weighted by atomic mass is 19.4. The highest BCUT2D eigenvalue weighted by Crippen LogP contribution is 2.34. The summed E-state index contributed by atoms with van der Waals surface area (Å²) in [6.45, 7) is 9.54. The molecule has 212 valence electrons. The van der Waals surface area contributed by atoms with E-state index in [9.17, 15) is 35.9 Å². The Morgan fingerprint density at radius 1 is 0.667 bits per heavy atom. The molecule has 2 heterocycles. The van der Waals surface area contributed by atoms with E-state index in [1.807, 2.05) is 0 Å². The summed E-state index contributed by atoms with van der Waals surface area (Å²) in [6.07, 6.45) is -9.96. The van der Waals surface area contributed by atoms with E-state index in [-0.39, 0.29) is 25.9 Å². The summed E-state index contributed by atoms with van der Waals surface area (Å²) in [5.41, 5.74) is 9.48. The van der Waals surface area contributed by atoms with Gasteiger partial charge in [0.1, 0.15) is 11.2 Å². The molecule has 0 bridgehead atoms. The molecule has 36 heavy (non-hydrogen) atoms. The molecule has 14 heteroatoms. The zero-order valence-corrected chi connectivity index (χ0v) is 21.5. The van der Waals surface area contributed by atoms with Gasteiger partial charge < -0.3 is 30.7 Å². The van der Waals surface area contributed by atoms with Crippen molar-refractivity contribution in [1.82, 2.24) is 9.80 Å². The normalized spacial score (nSPS) is 26.1. The van der Waals surface area contributed by atoms with Crippen LogP contribution >= 0.6 is 0 Å². The Hall–Kier alpha value is -1.96. The van der Waals surface area contributed by atoms with Crippen molar-refractivity contribution in [3.63, 3.8) is 0 Å². The summed E-state index contributed by atoms with van der Waals surface area (Å²) >= 11 is 0. The van der Waals surface area contributed by atoms with Crippen LogP contribution < -0.4 is 11.5 Å². The van der Waals surface area contributed by atoms with Crippen LogP contribution in [0.2, 0.25) is 0 Å². The molecular weight excluding hydrogens is 498 g/mol. The highest BCUT2D eigenvalue weighted by molar-refractivity contribution is 5.68. The second kappa shape index (κ2) is 11.6. The Morgan fingerprint density at radius 3 is 1.17 bits per heavy atom. The number of nitrogens with two attached hydrogens (primary N) is 2. The predicted molar refractivity (Wildman–Crippen MR) is 120 cm³/mol. The van der Waals surface area contributed by atoms with Gasteiger partial charge in [-0.15, -0.1) is 0 Å². The van der Waals surface area contributed by atoms with Gasteiger partial charge in [-0.2, -0.15) is 26.3 Å². The third-order valence-electron chi connectivity index (χ3n) is 5.48. The van der Waals surface area contributed by atoms with Gasteiger partial charge in [-0.1, -0.05) is 0 Å². The van der Waals surface area contributed by atoms with E-state index in [0.29, 0.717) is 0 Å². The minimum atomic E-state index is -4.39. The van der Waals surface area contributed by atoms with Crippen molar-refractivity contribution in [2.24, 2.45) is 23.3 Å². The number of hydrogen-bond donors (Lipinski definition) is 2. The van der Waals surface area contributed by atoms with Crippen molar-refractivity contribution in [3.05, 3.63) is 0 Å². The smallest absolute Gasteiger partial charge is 0.410 e. The van der Waals surface area contributed by atoms with E-state index in [4.69, 9.17) is 20.9 Å². The average molecular weight is 537 g/mol. The van der Waals surface area contributed by atoms with Crippen molar-refractivity contribution < 1.29 is 45.4 Å². The summed E-state index contributed by atoms with van der Waals surface area (Å²) < 4.78 is 86.3. The number of nitrogens with zero attached hydrogens (tertiary/aromatic N) is 2. The number of rotatable bonds is 0. The molecule has 2 saturated heterocycles. The maximum atomic E-state index is 12.7. The van der Waals surface area contributed by atoms with Crippen molar-refractivity contribution >= 4 is 12.2 Å². The third-order valence-corrected chi connectivity index (χ3v) is 5.48. The molecule has 0 spiro atoms. The quantitative estimate of drug-likeness (QED) is 0.448. The lowest BCUT2D eigenvalue weighted by Crippen LogP contribution is -2.54. The number of amides is 2. The standard InChI is InChI=1S/2C11H19F3N2O2/c2*1-10(2,3)18-9(17)16-5-4-8(15)7(6-16)11(12,13)14/h2*7-8H,4-6,15H2,1-3H3/t2*7-,8+/m10/s1. The lowest BCUT2D eigenvalue weighted by molar-refractivity contribution is -0.190. The largest absolute Gasteiger partial charge is 0.444 e. The van der Waals surface area contributed by atoms with Gasteiger partial charge in [-0.05, 0) is 54.4 Å². The van der Waals surface area contributed by atoms with Gasteiger partial charge in [0.05, 0.1) is 11.8 Å². The van der Waals surface area contributed by atoms with E-state index >= 15 is 0 Å². The molecule has 0 aromatic heterocycles. The fourth-order valence-electron chi connectivity index (χ4n) is 3.62. The number of hydrogen-bond acceptors (Lipinski definition) is 6. The topological polar surface area (TPSA) is 111 Å². The first-order valence-corrected chi connectivity index (χ1v) is 11.6. The van der Waals surface area contributed by atoms with Crippen LogP contribution in [0.3, 0.4) is 0 Å². The monoisotopic (exact) mass is 536 g/mol. The Kier molecular flexibility index (Phi) is 10.3. The van der Waals surface area contributed by atoms with Crippen LogP contribution in [0.1, 0.15) is 54.4 Å². The van der Waals surface area contributed by atoms with E-state index in [1.165, 1.54) is 0 Å². The fourth-order valence-corrected chi connectivity index (χ4v) is 3.62. The fraction of sp³-hybridized carbons (Fsp3) is 0.909. The van der Waals surface area contributed by atoms with Crippen molar-refractivity contribution in [1.29, 1.82) is 0 Å². The van der Waals surface area contributed by atoms with Crippen LogP contribution in [0.4, 0.5) is 35.9 Å². The number of alkyl halides is 6. The molecule has 0 aliphatic carbocycles. The van der Waals surface area contributed by atoms with Crippen LogP contribution in [-0.2, 0) is 9.47 Å². The van der Waals surface area contributed by atoms with E-state index in [0.717, 1.165) is 9.80 Å². The molecule has 0 aromatic rings. The van der Waals surface area contributed by atoms with Crippen molar-refractivity contribution in [2.75, 3.05) is 26.2 Å². The number of ether oxygens (including phenoxy) is 2. The molecule has 4 N–H and O–H groups in total. The number of halogens is 6. The van der Waals surface area contributed by atoms with E-state index < -0.39 is 72.8 Å². The third kappa shape index (κ3) is 10.6. The highest BCUT2D eigenvalue weighted by Gasteiger charge is 2.48. The zero-order chi connectivity index (χ0) is 28.3. The molecule has 0 saturated carbocycles. The molecule has 0 unspecified atom stereocenters. The van der Waals surface area contributed by atoms with Gasteiger partial charge in [-0.3, -0.25) is 0 Å². The van der Waals surface area contributed by atoms with Crippen LogP contribution in [0.25, 0.3) is 0 Å². The first kappa shape index (κ1) is 32.1. The minimum Gasteiger partial charge on any atom is -0.444 e. The molecule has 4 atom stereocenters. The molecule has 0 aromatic carbocycles. The molecule has 2 aliphatic rings. The molecule has 2 aliphatic heterocycles. The second-order valence-electron chi connectivity index (χ2n) is 11.1. The van der Waals surface area contributed by atoms with Crippen LogP contribution in [0.15, 0.2) is 0 Å². The number of piperidine rings is 2.